The number of hydrogen-bond acceptors (Lipinski definition) is 1. The van der Waals surface area contributed by atoms with Crippen LogP contribution in [0.5, 0.6) is 0 Å². The summed E-state index contributed by atoms with van der Waals surface area (Å²) in [6.07, 6.45) is 6.98. The Kier molecular flexibility index (Phi) is 22.5. The van der Waals surface area contributed by atoms with Crippen LogP contribution in [0.1, 0.15) is 18.1 Å². The molecule has 7 aromatic carbocycles. The maximum absolute atomic E-state index is 2.51. The monoisotopic (exact) mass is 995 g/mol. The quantitative estimate of drug-likeness (QED) is 0.187. The second kappa shape index (κ2) is 24.4. The number of aryl methyl sites for hydroxylation is 2. The maximum Gasteiger partial charge on any atom is 4.00 e. The minimum absolute atomic E-state index is 0. The Labute approximate surface area is 404 Å². The molecule has 0 saturated heterocycles. The number of anilines is 1. The predicted molar refractivity (Wildman–Crippen MR) is 226 cm³/mol. The van der Waals surface area contributed by atoms with E-state index in [0.717, 1.165) is 0 Å². The first-order valence-electron chi connectivity index (χ1n) is 17.9. The molecule has 1 heterocycles. The molecule has 0 aromatic heterocycles. The molecule has 9 rings (SSSR count). The third-order valence-electron chi connectivity index (χ3n) is 9.45. The average molecular weight is 1000 g/mol. The van der Waals surface area contributed by atoms with Crippen LogP contribution in [-0.2, 0) is 52.4 Å². The van der Waals surface area contributed by atoms with Gasteiger partial charge in [0.25, 0.3) is 0 Å². The zero-order valence-corrected chi connectivity index (χ0v) is 41.7. The molecule has 1 atom stereocenters. The van der Waals surface area contributed by atoms with Gasteiger partial charge in [-0.2, -0.15) is 12.1 Å². The Bertz CT molecular complexity index is 2310. The molecule has 0 spiro atoms. The summed E-state index contributed by atoms with van der Waals surface area (Å²) in [6, 6.07) is 54.2. The van der Waals surface area contributed by atoms with Gasteiger partial charge in [-0.1, -0.05) is 141 Å². The smallest absolute Gasteiger partial charge is 1.00 e. The van der Waals surface area contributed by atoms with Crippen molar-refractivity contribution in [3.8, 4) is 22.3 Å². The molecule has 0 fully saturated rings. The van der Waals surface area contributed by atoms with E-state index in [4.69, 9.17) is 0 Å². The van der Waals surface area contributed by atoms with Crippen LogP contribution in [0, 0.1) is 13.8 Å². The number of para-hydroxylation sites is 1. The van der Waals surface area contributed by atoms with Gasteiger partial charge in [-0.05, 0) is 53.5 Å². The molecular weight excluding hydrogens is 955 g/mol. The number of fused-ring (bicyclic) bond motifs is 3. The first kappa shape index (κ1) is 52.4. The molecule has 1 aliphatic heterocycles. The summed E-state index contributed by atoms with van der Waals surface area (Å²) in [5, 5.41) is 5.37. The number of halogens is 4. The zero-order valence-electron chi connectivity index (χ0n) is 32.8. The van der Waals surface area contributed by atoms with Gasteiger partial charge in [-0.25, -0.2) is 0 Å². The third kappa shape index (κ3) is 12.7. The van der Waals surface area contributed by atoms with Gasteiger partial charge < -0.3 is 54.5 Å². The summed E-state index contributed by atoms with van der Waals surface area (Å²) in [5.74, 6) is 0. The first-order valence-corrected chi connectivity index (χ1v) is 20.5. The number of allylic oxidation sites excluding steroid dienone is 3. The summed E-state index contributed by atoms with van der Waals surface area (Å²) in [7, 11) is -0.360. The topological polar surface area (TPSA) is 3.24 Å². The van der Waals surface area contributed by atoms with Crippen molar-refractivity contribution in [2.45, 2.75) is 39.9 Å². The molecule has 57 heavy (non-hydrogen) atoms. The normalized spacial score (nSPS) is 13.0. The van der Waals surface area contributed by atoms with Crippen molar-refractivity contribution < 1.29 is 102 Å². The molecule has 0 radical (unpaired) electrons. The predicted octanol–water partition coefficient (Wildman–Crippen LogP) is 0.863. The Morgan fingerprint density at radius 1 is 0.544 bits per heavy atom. The molecule has 0 amide bonds. The van der Waals surface area contributed by atoms with Crippen molar-refractivity contribution in [3.63, 3.8) is 0 Å². The third-order valence-corrected chi connectivity index (χ3v) is 10.5. The fourth-order valence-corrected chi connectivity index (χ4v) is 8.22. The van der Waals surface area contributed by atoms with E-state index in [-0.39, 0.29) is 110 Å². The van der Waals surface area contributed by atoms with Gasteiger partial charge in [-0.3, -0.25) is 0 Å². The maximum atomic E-state index is 2.51. The van der Waals surface area contributed by atoms with Crippen molar-refractivity contribution in [2.24, 2.45) is 0 Å². The summed E-state index contributed by atoms with van der Waals surface area (Å²) in [5.41, 5.74) is 15.8. The van der Waals surface area contributed by atoms with Gasteiger partial charge in [0.15, 0.2) is 0 Å². The SMILES string of the molecule is CC1=CC2=CC(C=[Si](C)C)N(c3ccccc3)C2=C1.Cc1cc2c(-c3ccccc3)cccc2[cH-]1.Cc1cc2c(-c3ccccc3)cccc2[cH-]1.[Cl-].[Cl-].[Cl-].[Cl-].[Zr+4].[Zr+4]. The Balaban J connectivity index is 0.000000408. The molecule has 2 aliphatic rings. The van der Waals surface area contributed by atoms with Crippen molar-refractivity contribution >= 4 is 41.3 Å². The van der Waals surface area contributed by atoms with E-state index < -0.39 is 0 Å². The van der Waals surface area contributed by atoms with E-state index in [1.54, 1.807) is 0 Å². The van der Waals surface area contributed by atoms with E-state index in [2.05, 4.69) is 214 Å². The molecular formula is C49H45Cl4NSiZr2+2. The molecule has 1 nitrogen and oxygen atoms in total. The van der Waals surface area contributed by atoms with Gasteiger partial charge in [0.2, 0.25) is 0 Å². The van der Waals surface area contributed by atoms with E-state index in [0.29, 0.717) is 6.04 Å². The Morgan fingerprint density at radius 3 is 1.42 bits per heavy atom. The van der Waals surface area contributed by atoms with Crippen molar-refractivity contribution in [2.75, 3.05) is 4.90 Å². The molecule has 0 N–H and O–H groups in total. The Morgan fingerprint density at radius 2 is 0.982 bits per heavy atom. The van der Waals surface area contributed by atoms with Crippen LogP contribution in [0.3, 0.4) is 0 Å². The largest absolute Gasteiger partial charge is 4.00 e. The van der Waals surface area contributed by atoms with Crippen LogP contribution in [-0.4, -0.2) is 20.1 Å². The van der Waals surface area contributed by atoms with Crippen LogP contribution < -0.4 is 54.5 Å². The van der Waals surface area contributed by atoms with E-state index in [1.165, 1.54) is 77.5 Å². The van der Waals surface area contributed by atoms with E-state index >= 15 is 0 Å². The van der Waals surface area contributed by atoms with Crippen molar-refractivity contribution in [1.29, 1.82) is 0 Å². The van der Waals surface area contributed by atoms with E-state index in [9.17, 15) is 0 Å². The molecule has 284 valence electrons. The van der Waals surface area contributed by atoms with Gasteiger partial charge in [0.05, 0.1) is 6.04 Å². The van der Waals surface area contributed by atoms with E-state index in [1.807, 2.05) is 0 Å². The van der Waals surface area contributed by atoms with Gasteiger partial charge in [0.1, 0.15) is 0 Å². The number of nitrogens with zero attached hydrogens (tertiary/aromatic N) is 1. The van der Waals surface area contributed by atoms with Crippen LogP contribution >= 0.6 is 0 Å². The van der Waals surface area contributed by atoms with Crippen LogP contribution in [0.25, 0.3) is 43.8 Å². The molecule has 0 bridgehead atoms. The summed E-state index contributed by atoms with van der Waals surface area (Å²) >= 11 is 0. The summed E-state index contributed by atoms with van der Waals surface area (Å²) < 4.78 is 0. The summed E-state index contributed by atoms with van der Waals surface area (Å²) in [4.78, 5) is 2.46. The first-order chi connectivity index (χ1) is 24.8. The van der Waals surface area contributed by atoms with Crippen molar-refractivity contribution in [1.82, 2.24) is 0 Å². The minimum Gasteiger partial charge on any atom is -1.00 e. The minimum atomic E-state index is -0.360. The molecule has 0 saturated carbocycles. The van der Waals surface area contributed by atoms with Crippen LogP contribution in [0.4, 0.5) is 5.69 Å². The number of rotatable bonds is 4. The molecule has 1 unspecified atom stereocenters. The van der Waals surface area contributed by atoms with Crippen LogP contribution in [0.15, 0.2) is 187 Å². The second-order valence-corrected chi connectivity index (χ2v) is 16.4. The van der Waals surface area contributed by atoms with Gasteiger partial charge in [0, 0.05) is 19.8 Å². The second-order valence-electron chi connectivity index (χ2n) is 13.9. The van der Waals surface area contributed by atoms with Crippen LogP contribution in [0.2, 0.25) is 13.1 Å². The fourth-order valence-electron chi connectivity index (χ4n) is 7.29. The average Bonchev–Trinajstić information content (AvgIpc) is 3.90. The fraction of sp³-hybridized carbons (Fsp3) is 0.122. The standard InChI is InChI=1S/C17H19NSi.2C16H13.4ClH.2Zr/c1-13-9-14-11-16(12-19(2)3)18(17(14)10-13)15-7-5-4-6-8-15;2*1-12-10-14-8-5-9-15(16(14)11-12)13-6-3-2-4-7-13;;;;;;/h4-12,16H,1-3H3;2*2-11H,1H3;4*1H;;/q;2*-1;;;;;2*+4/p-4. The zero-order chi connectivity index (χ0) is 35.3. The number of benzene rings is 5. The molecule has 8 heteroatoms. The van der Waals surface area contributed by atoms with Crippen molar-refractivity contribution in [3.05, 3.63) is 198 Å². The molecule has 7 aromatic rings. The van der Waals surface area contributed by atoms with Gasteiger partial charge >= 0.3 is 52.4 Å². The number of hydrogen-bond donors (Lipinski definition) is 0. The summed E-state index contributed by atoms with van der Waals surface area (Å²) in [6.45, 7) is 11.2. The molecule has 1 aliphatic carbocycles. The Hall–Kier alpha value is -2.65. The van der Waals surface area contributed by atoms with Gasteiger partial charge in [-0.15, -0.1) is 69.1 Å².